The third-order valence-electron chi connectivity index (χ3n) is 3.27. The number of rotatable bonds is 5. The number of nitrogens with one attached hydrogen (secondary N) is 1. The molecule has 0 heterocycles. The van der Waals surface area contributed by atoms with E-state index in [-0.39, 0.29) is 6.04 Å². The molecule has 0 radical (unpaired) electrons. The number of phenolic OH excluding ortho intramolecular Hbond substituents is 1. The standard InChI is InChI=1S/C17H21NO2/c1-4-20-16-8-5-14(6-9-16)13(3)18-15-7-10-17(19)12(2)11-15/h5-11,13,18-19H,4H2,1-3H3. The zero-order valence-electron chi connectivity index (χ0n) is 12.2. The Morgan fingerprint density at radius 1 is 1.15 bits per heavy atom. The number of ether oxygens (including phenoxy) is 1. The maximum atomic E-state index is 9.53. The van der Waals surface area contributed by atoms with Gasteiger partial charge in [-0.25, -0.2) is 0 Å². The van der Waals surface area contributed by atoms with Crippen LogP contribution in [0.1, 0.15) is 31.0 Å². The van der Waals surface area contributed by atoms with Crippen LogP contribution in [0.15, 0.2) is 42.5 Å². The van der Waals surface area contributed by atoms with Gasteiger partial charge in [0.2, 0.25) is 0 Å². The summed E-state index contributed by atoms with van der Waals surface area (Å²) in [6, 6.07) is 13.8. The van der Waals surface area contributed by atoms with Crippen LogP contribution in [-0.2, 0) is 0 Å². The van der Waals surface area contributed by atoms with Crippen molar-refractivity contribution in [1.82, 2.24) is 0 Å². The smallest absolute Gasteiger partial charge is 0.119 e. The number of hydrogen-bond acceptors (Lipinski definition) is 3. The minimum Gasteiger partial charge on any atom is -0.508 e. The molecule has 3 nitrogen and oxygen atoms in total. The Labute approximate surface area is 120 Å². The second-order valence-corrected chi connectivity index (χ2v) is 4.87. The predicted octanol–water partition coefficient (Wildman–Crippen LogP) is 4.27. The third kappa shape index (κ3) is 3.44. The van der Waals surface area contributed by atoms with Crippen molar-refractivity contribution in [3.63, 3.8) is 0 Å². The van der Waals surface area contributed by atoms with E-state index in [0.29, 0.717) is 12.4 Å². The van der Waals surface area contributed by atoms with Gasteiger partial charge in [-0.15, -0.1) is 0 Å². The fraction of sp³-hybridized carbons (Fsp3) is 0.294. The highest BCUT2D eigenvalue weighted by Crippen LogP contribution is 2.25. The molecule has 2 aromatic rings. The Bertz CT molecular complexity index is 564. The molecule has 2 N–H and O–H groups in total. The summed E-state index contributed by atoms with van der Waals surface area (Å²) >= 11 is 0. The average Bonchev–Trinajstić information content (AvgIpc) is 2.44. The molecular weight excluding hydrogens is 250 g/mol. The Balaban J connectivity index is 2.06. The molecule has 0 aliphatic heterocycles. The number of aromatic hydroxyl groups is 1. The van der Waals surface area contributed by atoms with Crippen LogP contribution >= 0.6 is 0 Å². The highest BCUT2D eigenvalue weighted by Gasteiger charge is 2.06. The molecule has 1 atom stereocenters. The molecule has 106 valence electrons. The largest absolute Gasteiger partial charge is 0.508 e. The second kappa shape index (κ2) is 6.33. The van der Waals surface area contributed by atoms with E-state index < -0.39 is 0 Å². The zero-order chi connectivity index (χ0) is 14.5. The summed E-state index contributed by atoms with van der Waals surface area (Å²) < 4.78 is 5.44. The summed E-state index contributed by atoms with van der Waals surface area (Å²) in [7, 11) is 0. The maximum absolute atomic E-state index is 9.53. The van der Waals surface area contributed by atoms with Gasteiger partial charge in [0.05, 0.1) is 6.61 Å². The lowest BCUT2D eigenvalue weighted by atomic mass is 10.1. The maximum Gasteiger partial charge on any atom is 0.119 e. The van der Waals surface area contributed by atoms with E-state index in [1.807, 2.05) is 38.1 Å². The summed E-state index contributed by atoms with van der Waals surface area (Å²) in [5.41, 5.74) is 3.06. The molecule has 0 spiro atoms. The van der Waals surface area contributed by atoms with Gasteiger partial charge in [-0.05, 0) is 62.2 Å². The van der Waals surface area contributed by atoms with Crippen LogP contribution in [0.25, 0.3) is 0 Å². The van der Waals surface area contributed by atoms with Crippen LogP contribution in [0.2, 0.25) is 0 Å². The molecule has 2 aromatic carbocycles. The molecule has 0 aliphatic carbocycles. The molecular formula is C17H21NO2. The molecule has 0 aliphatic rings. The third-order valence-corrected chi connectivity index (χ3v) is 3.27. The van der Waals surface area contributed by atoms with E-state index >= 15 is 0 Å². The van der Waals surface area contributed by atoms with Crippen LogP contribution < -0.4 is 10.1 Å². The van der Waals surface area contributed by atoms with Crippen LogP contribution in [-0.4, -0.2) is 11.7 Å². The Morgan fingerprint density at radius 3 is 2.45 bits per heavy atom. The normalized spacial score (nSPS) is 11.9. The van der Waals surface area contributed by atoms with Gasteiger partial charge in [0.15, 0.2) is 0 Å². The lowest BCUT2D eigenvalue weighted by molar-refractivity contribution is 0.340. The van der Waals surface area contributed by atoms with Gasteiger partial charge in [0.25, 0.3) is 0 Å². The summed E-state index contributed by atoms with van der Waals surface area (Å²) in [6.07, 6.45) is 0. The molecule has 2 rings (SSSR count). The molecule has 0 saturated carbocycles. The first kappa shape index (κ1) is 14.3. The van der Waals surface area contributed by atoms with Crippen molar-refractivity contribution < 1.29 is 9.84 Å². The van der Waals surface area contributed by atoms with Gasteiger partial charge in [-0.1, -0.05) is 12.1 Å². The van der Waals surface area contributed by atoms with Crippen LogP contribution in [0.5, 0.6) is 11.5 Å². The number of benzene rings is 2. The van der Waals surface area contributed by atoms with E-state index in [2.05, 4.69) is 24.4 Å². The van der Waals surface area contributed by atoms with Gasteiger partial charge in [0.1, 0.15) is 11.5 Å². The Kier molecular flexibility index (Phi) is 4.51. The van der Waals surface area contributed by atoms with Crippen molar-refractivity contribution in [2.75, 3.05) is 11.9 Å². The first-order valence-corrected chi connectivity index (χ1v) is 6.89. The van der Waals surface area contributed by atoms with Gasteiger partial charge < -0.3 is 15.2 Å². The van der Waals surface area contributed by atoms with E-state index in [4.69, 9.17) is 4.74 Å². The average molecular weight is 271 g/mol. The lowest BCUT2D eigenvalue weighted by Gasteiger charge is -2.17. The molecule has 0 bridgehead atoms. The molecule has 3 heteroatoms. The summed E-state index contributed by atoms with van der Waals surface area (Å²) in [4.78, 5) is 0. The van der Waals surface area contributed by atoms with Gasteiger partial charge in [-0.3, -0.25) is 0 Å². The van der Waals surface area contributed by atoms with Gasteiger partial charge >= 0.3 is 0 Å². The first-order valence-electron chi connectivity index (χ1n) is 6.89. The second-order valence-electron chi connectivity index (χ2n) is 4.87. The molecule has 0 aromatic heterocycles. The molecule has 0 saturated heterocycles. The highest BCUT2D eigenvalue weighted by atomic mass is 16.5. The van der Waals surface area contributed by atoms with Gasteiger partial charge in [0, 0.05) is 11.7 Å². The SMILES string of the molecule is CCOc1ccc(C(C)Nc2ccc(O)c(C)c2)cc1. The summed E-state index contributed by atoms with van der Waals surface area (Å²) in [5, 5.41) is 13.0. The Hall–Kier alpha value is -2.16. The summed E-state index contributed by atoms with van der Waals surface area (Å²) in [5.74, 6) is 1.22. The van der Waals surface area contributed by atoms with Crippen molar-refractivity contribution in [2.24, 2.45) is 0 Å². The zero-order valence-corrected chi connectivity index (χ0v) is 12.2. The number of hydrogen-bond donors (Lipinski definition) is 2. The predicted molar refractivity (Wildman–Crippen MR) is 82.5 cm³/mol. The van der Waals surface area contributed by atoms with Crippen molar-refractivity contribution in [1.29, 1.82) is 0 Å². The van der Waals surface area contributed by atoms with E-state index in [9.17, 15) is 5.11 Å². The minimum atomic E-state index is 0.189. The van der Waals surface area contributed by atoms with Crippen molar-refractivity contribution in [3.05, 3.63) is 53.6 Å². The molecule has 20 heavy (non-hydrogen) atoms. The summed E-state index contributed by atoms with van der Waals surface area (Å²) in [6.45, 7) is 6.66. The molecule has 0 fully saturated rings. The van der Waals surface area contributed by atoms with E-state index in [1.165, 1.54) is 5.56 Å². The first-order chi connectivity index (χ1) is 9.60. The lowest BCUT2D eigenvalue weighted by Crippen LogP contribution is -2.06. The van der Waals surface area contributed by atoms with Crippen molar-refractivity contribution >= 4 is 5.69 Å². The van der Waals surface area contributed by atoms with E-state index in [0.717, 1.165) is 17.0 Å². The Morgan fingerprint density at radius 2 is 1.85 bits per heavy atom. The fourth-order valence-electron chi connectivity index (χ4n) is 2.10. The number of phenols is 1. The van der Waals surface area contributed by atoms with Crippen LogP contribution in [0.3, 0.4) is 0 Å². The monoisotopic (exact) mass is 271 g/mol. The highest BCUT2D eigenvalue weighted by molar-refractivity contribution is 5.51. The van der Waals surface area contributed by atoms with Crippen molar-refractivity contribution in [3.8, 4) is 11.5 Å². The number of aryl methyl sites for hydroxylation is 1. The van der Waals surface area contributed by atoms with Crippen LogP contribution in [0.4, 0.5) is 5.69 Å². The number of anilines is 1. The quantitative estimate of drug-likeness (QED) is 0.798. The van der Waals surface area contributed by atoms with Crippen LogP contribution in [0, 0.1) is 6.92 Å². The fourth-order valence-corrected chi connectivity index (χ4v) is 2.10. The van der Waals surface area contributed by atoms with Gasteiger partial charge in [-0.2, -0.15) is 0 Å². The molecule has 0 amide bonds. The topological polar surface area (TPSA) is 41.5 Å². The van der Waals surface area contributed by atoms with E-state index in [1.54, 1.807) is 6.07 Å². The van der Waals surface area contributed by atoms with Crippen molar-refractivity contribution in [2.45, 2.75) is 26.8 Å². The minimum absolute atomic E-state index is 0.189. The molecule has 1 unspecified atom stereocenters.